The number of aryl methyl sites for hydroxylation is 1. The predicted octanol–water partition coefficient (Wildman–Crippen LogP) is 2.19. The second-order valence-corrected chi connectivity index (χ2v) is 5.98. The Balaban J connectivity index is 1.62. The van der Waals surface area contributed by atoms with E-state index in [4.69, 9.17) is 0 Å². The molecule has 1 fully saturated rings. The molecular formula is C17H22N2O2. The molecule has 1 atom stereocenters. The number of hydrogen-bond donors (Lipinski definition) is 1. The predicted molar refractivity (Wildman–Crippen MR) is 80.7 cm³/mol. The monoisotopic (exact) mass is 286 g/mol. The van der Waals surface area contributed by atoms with Crippen molar-refractivity contribution in [2.75, 3.05) is 13.1 Å². The van der Waals surface area contributed by atoms with Gasteiger partial charge in [-0.15, -0.1) is 0 Å². The third-order valence-corrected chi connectivity index (χ3v) is 4.46. The summed E-state index contributed by atoms with van der Waals surface area (Å²) in [6, 6.07) is 8.42. The maximum Gasteiger partial charge on any atom is 0.240 e. The van der Waals surface area contributed by atoms with Crippen LogP contribution in [0.4, 0.5) is 0 Å². The highest BCUT2D eigenvalue weighted by atomic mass is 16.2. The second kappa shape index (κ2) is 6.29. The highest BCUT2D eigenvalue weighted by molar-refractivity contribution is 5.85. The van der Waals surface area contributed by atoms with Gasteiger partial charge < -0.3 is 10.2 Å². The highest BCUT2D eigenvalue weighted by Gasteiger charge is 2.24. The normalized spacial score (nSPS) is 21.8. The summed E-state index contributed by atoms with van der Waals surface area (Å²) >= 11 is 0. The molecule has 0 aromatic heterocycles. The van der Waals surface area contributed by atoms with Crippen molar-refractivity contribution in [1.29, 1.82) is 0 Å². The molecule has 1 heterocycles. The second-order valence-electron chi connectivity index (χ2n) is 5.98. The minimum absolute atomic E-state index is 0.0352. The number of carbonyl (C=O) groups excluding carboxylic acids is 2. The summed E-state index contributed by atoms with van der Waals surface area (Å²) in [5, 5.41) is 3.11. The molecule has 0 radical (unpaired) electrons. The molecule has 0 bridgehead atoms. The third kappa shape index (κ3) is 3.26. The number of rotatable bonds is 3. The van der Waals surface area contributed by atoms with Crippen molar-refractivity contribution in [2.45, 2.75) is 44.6 Å². The molecule has 1 aliphatic heterocycles. The topological polar surface area (TPSA) is 49.4 Å². The molecule has 0 saturated carbocycles. The van der Waals surface area contributed by atoms with E-state index in [9.17, 15) is 9.59 Å². The maximum atomic E-state index is 12.2. The Morgan fingerprint density at radius 3 is 2.90 bits per heavy atom. The summed E-state index contributed by atoms with van der Waals surface area (Å²) in [6.45, 7) is 0.922. The standard InChI is InChI=1S/C17H22N2O2/c20-16(12-19-11-4-3-10-17(19)21)18-15-9-5-7-13-6-1-2-8-14(13)15/h1-2,6,8,15H,3-5,7,9-12H2,(H,18,20). The van der Waals surface area contributed by atoms with Crippen LogP contribution in [0.5, 0.6) is 0 Å². The minimum atomic E-state index is -0.0352. The number of amides is 2. The van der Waals surface area contributed by atoms with Gasteiger partial charge in [0.15, 0.2) is 0 Å². The Kier molecular flexibility index (Phi) is 4.23. The Bertz CT molecular complexity index is 541. The summed E-state index contributed by atoms with van der Waals surface area (Å²) in [7, 11) is 0. The molecule has 1 N–H and O–H groups in total. The van der Waals surface area contributed by atoms with Crippen LogP contribution in [0.2, 0.25) is 0 Å². The van der Waals surface area contributed by atoms with Gasteiger partial charge in [-0.1, -0.05) is 24.3 Å². The van der Waals surface area contributed by atoms with Gasteiger partial charge in [-0.2, -0.15) is 0 Å². The molecule has 1 aliphatic carbocycles. The largest absolute Gasteiger partial charge is 0.348 e. The molecule has 21 heavy (non-hydrogen) atoms. The summed E-state index contributed by atoms with van der Waals surface area (Å²) in [5.74, 6) is 0.0763. The van der Waals surface area contributed by atoms with Gasteiger partial charge in [0.1, 0.15) is 0 Å². The van der Waals surface area contributed by atoms with Crippen molar-refractivity contribution in [3.05, 3.63) is 35.4 Å². The zero-order valence-electron chi connectivity index (χ0n) is 12.3. The first-order chi connectivity index (χ1) is 10.2. The van der Waals surface area contributed by atoms with E-state index in [1.54, 1.807) is 4.90 Å². The van der Waals surface area contributed by atoms with Gasteiger partial charge in [0.2, 0.25) is 11.8 Å². The molecule has 112 valence electrons. The van der Waals surface area contributed by atoms with Crippen LogP contribution in [-0.4, -0.2) is 29.8 Å². The molecule has 3 rings (SSSR count). The van der Waals surface area contributed by atoms with Crippen LogP contribution < -0.4 is 5.32 Å². The summed E-state index contributed by atoms with van der Waals surface area (Å²) in [6.07, 6.45) is 5.71. The van der Waals surface area contributed by atoms with Crippen molar-refractivity contribution in [3.63, 3.8) is 0 Å². The average molecular weight is 286 g/mol. The Labute approximate surface area is 125 Å². The zero-order chi connectivity index (χ0) is 14.7. The van der Waals surface area contributed by atoms with E-state index in [0.717, 1.165) is 32.1 Å². The van der Waals surface area contributed by atoms with Gasteiger partial charge in [-0.3, -0.25) is 9.59 Å². The van der Waals surface area contributed by atoms with Crippen LogP contribution in [0.3, 0.4) is 0 Å². The van der Waals surface area contributed by atoms with Crippen LogP contribution >= 0.6 is 0 Å². The van der Waals surface area contributed by atoms with Crippen molar-refractivity contribution in [3.8, 4) is 0 Å². The summed E-state index contributed by atoms with van der Waals surface area (Å²) in [4.78, 5) is 25.7. The lowest BCUT2D eigenvalue weighted by Gasteiger charge is -2.29. The van der Waals surface area contributed by atoms with E-state index in [1.165, 1.54) is 11.1 Å². The number of likely N-dealkylation sites (tertiary alicyclic amines) is 1. The lowest BCUT2D eigenvalue weighted by Crippen LogP contribution is -2.44. The molecule has 1 aromatic rings. The van der Waals surface area contributed by atoms with Crippen LogP contribution in [0, 0.1) is 0 Å². The molecule has 4 heteroatoms. The first-order valence-electron chi connectivity index (χ1n) is 7.89. The smallest absolute Gasteiger partial charge is 0.240 e. The van der Waals surface area contributed by atoms with Crippen molar-refractivity contribution in [2.24, 2.45) is 0 Å². The molecular weight excluding hydrogens is 264 g/mol. The van der Waals surface area contributed by atoms with Crippen molar-refractivity contribution >= 4 is 11.8 Å². The lowest BCUT2D eigenvalue weighted by atomic mass is 9.88. The number of benzene rings is 1. The number of piperidine rings is 1. The van der Waals surface area contributed by atoms with Crippen LogP contribution in [0.15, 0.2) is 24.3 Å². The van der Waals surface area contributed by atoms with Crippen LogP contribution in [0.1, 0.15) is 49.3 Å². The molecule has 4 nitrogen and oxygen atoms in total. The number of carbonyl (C=O) groups is 2. The lowest BCUT2D eigenvalue weighted by molar-refractivity contribution is -0.138. The average Bonchev–Trinajstić information content (AvgIpc) is 2.50. The van der Waals surface area contributed by atoms with Gasteiger partial charge in [0, 0.05) is 13.0 Å². The van der Waals surface area contributed by atoms with Crippen LogP contribution in [-0.2, 0) is 16.0 Å². The van der Waals surface area contributed by atoms with E-state index in [2.05, 4.69) is 23.5 Å². The summed E-state index contributed by atoms with van der Waals surface area (Å²) in [5.41, 5.74) is 2.57. The van der Waals surface area contributed by atoms with E-state index in [1.807, 2.05) is 6.07 Å². The summed E-state index contributed by atoms with van der Waals surface area (Å²) < 4.78 is 0. The van der Waals surface area contributed by atoms with Gasteiger partial charge in [-0.25, -0.2) is 0 Å². The first kappa shape index (κ1) is 14.1. The fourth-order valence-electron chi connectivity index (χ4n) is 3.35. The number of nitrogens with zero attached hydrogens (tertiary/aromatic N) is 1. The Morgan fingerprint density at radius 1 is 1.19 bits per heavy atom. The molecule has 2 amide bonds. The van der Waals surface area contributed by atoms with Crippen molar-refractivity contribution < 1.29 is 9.59 Å². The van der Waals surface area contributed by atoms with Crippen LogP contribution in [0.25, 0.3) is 0 Å². The fraction of sp³-hybridized carbons (Fsp3) is 0.529. The fourth-order valence-corrected chi connectivity index (χ4v) is 3.35. The Morgan fingerprint density at radius 2 is 2.05 bits per heavy atom. The quantitative estimate of drug-likeness (QED) is 0.926. The number of hydrogen-bond acceptors (Lipinski definition) is 2. The first-order valence-corrected chi connectivity index (χ1v) is 7.89. The van der Waals surface area contributed by atoms with Crippen molar-refractivity contribution in [1.82, 2.24) is 10.2 Å². The third-order valence-electron chi connectivity index (χ3n) is 4.46. The van der Waals surface area contributed by atoms with Gasteiger partial charge in [-0.05, 0) is 43.2 Å². The number of fused-ring (bicyclic) bond motifs is 1. The zero-order valence-corrected chi connectivity index (χ0v) is 12.3. The molecule has 1 unspecified atom stereocenters. The van der Waals surface area contributed by atoms with E-state index in [0.29, 0.717) is 13.0 Å². The molecule has 0 spiro atoms. The minimum Gasteiger partial charge on any atom is -0.348 e. The molecule has 2 aliphatic rings. The van der Waals surface area contributed by atoms with E-state index >= 15 is 0 Å². The van der Waals surface area contributed by atoms with Gasteiger partial charge in [0.25, 0.3) is 0 Å². The maximum absolute atomic E-state index is 12.2. The molecule has 1 aromatic carbocycles. The molecule has 1 saturated heterocycles. The van der Waals surface area contributed by atoms with Gasteiger partial charge in [0.05, 0.1) is 12.6 Å². The van der Waals surface area contributed by atoms with Gasteiger partial charge >= 0.3 is 0 Å². The van der Waals surface area contributed by atoms with E-state index in [-0.39, 0.29) is 24.4 Å². The highest BCUT2D eigenvalue weighted by Crippen LogP contribution is 2.29. The van der Waals surface area contributed by atoms with E-state index < -0.39 is 0 Å². The number of nitrogens with one attached hydrogen (secondary N) is 1. The SMILES string of the molecule is O=C(CN1CCCCC1=O)NC1CCCc2ccccc21. The Hall–Kier alpha value is -1.84.